The van der Waals surface area contributed by atoms with E-state index in [-0.39, 0.29) is 0 Å². The third kappa shape index (κ3) is 1.04. The zero-order chi connectivity index (χ0) is 10.8. The Hall–Kier alpha value is -0.260. The van der Waals surface area contributed by atoms with Gasteiger partial charge in [0.2, 0.25) is 0 Å². The van der Waals surface area contributed by atoms with Crippen molar-refractivity contribution in [1.29, 1.82) is 0 Å². The Labute approximate surface area is 94.1 Å². The van der Waals surface area contributed by atoms with Crippen LogP contribution in [0, 0.1) is 35.0 Å². The van der Waals surface area contributed by atoms with Gasteiger partial charge in [0, 0.05) is 0 Å². The van der Waals surface area contributed by atoms with Crippen molar-refractivity contribution in [3.05, 3.63) is 12.2 Å². The average molecular weight is 204 g/mol. The predicted octanol–water partition coefficient (Wildman–Crippen LogP) is 4.27. The van der Waals surface area contributed by atoms with Crippen molar-refractivity contribution >= 4 is 0 Å². The van der Waals surface area contributed by atoms with E-state index >= 15 is 0 Å². The molecular formula is C15H24. The summed E-state index contributed by atoms with van der Waals surface area (Å²) in [7, 11) is 0. The molecule has 3 aliphatic carbocycles. The lowest BCUT2D eigenvalue weighted by Gasteiger charge is -2.57. The fraction of sp³-hybridized carbons (Fsp3) is 0.867. The summed E-state index contributed by atoms with van der Waals surface area (Å²) >= 11 is 0. The number of allylic oxidation sites excluding steroid dienone is 1. The molecule has 3 saturated carbocycles. The summed E-state index contributed by atoms with van der Waals surface area (Å²) in [6, 6.07) is 0. The van der Waals surface area contributed by atoms with Gasteiger partial charge >= 0.3 is 0 Å². The van der Waals surface area contributed by atoms with Crippen LogP contribution in [0.4, 0.5) is 0 Å². The molecular weight excluding hydrogens is 180 g/mol. The van der Waals surface area contributed by atoms with Crippen LogP contribution in [-0.4, -0.2) is 0 Å². The predicted molar refractivity (Wildman–Crippen MR) is 64.5 cm³/mol. The topological polar surface area (TPSA) is 0 Å². The minimum atomic E-state index is 0.707. The van der Waals surface area contributed by atoms with Gasteiger partial charge in [-0.25, -0.2) is 0 Å². The second-order valence-corrected chi connectivity index (χ2v) is 6.76. The van der Waals surface area contributed by atoms with E-state index in [1.807, 2.05) is 0 Å². The lowest BCUT2D eigenvalue weighted by Crippen LogP contribution is -2.53. The van der Waals surface area contributed by atoms with Crippen molar-refractivity contribution < 1.29 is 0 Å². The lowest BCUT2D eigenvalue weighted by atomic mass is 9.47. The summed E-state index contributed by atoms with van der Waals surface area (Å²) in [5, 5.41) is 0. The number of hydrogen-bond acceptors (Lipinski definition) is 0. The van der Waals surface area contributed by atoms with Gasteiger partial charge in [-0.05, 0) is 61.2 Å². The molecule has 0 unspecified atom stereocenters. The zero-order valence-corrected chi connectivity index (χ0v) is 10.4. The zero-order valence-electron chi connectivity index (χ0n) is 10.4. The van der Waals surface area contributed by atoms with E-state index in [1.54, 1.807) is 0 Å². The van der Waals surface area contributed by atoms with Crippen LogP contribution in [0.5, 0.6) is 0 Å². The highest BCUT2D eigenvalue weighted by Gasteiger charge is 2.66. The second-order valence-electron chi connectivity index (χ2n) is 6.76. The summed E-state index contributed by atoms with van der Waals surface area (Å²) in [6.07, 6.45) is 5.91. The maximum absolute atomic E-state index is 4.23. The van der Waals surface area contributed by atoms with Crippen LogP contribution in [0.1, 0.15) is 46.5 Å². The van der Waals surface area contributed by atoms with Crippen LogP contribution in [-0.2, 0) is 0 Å². The summed E-state index contributed by atoms with van der Waals surface area (Å²) in [6.45, 7) is 11.5. The summed E-state index contributed by atoms with van der Waals surface area (Å²) in [4.78, 5) is 0. The van der Waals surface area contributed by atoms with E-state index in [1.165, 1.54) is 31.3 Å². The van der Waals surface area contributed by atoms with Crippen molar-refractivity contribution in [1.82, 2.24) is 0 Å². The van der Waals surface area contributed by atoms with Crippen LogP contribution < -0.4 is 0 Å². The Kier molecular flexibility index (Phi) is 1.92. The van der Waals surface area contributed by atoms with Gasteiger partial charge in [0.05, 0.1) is 0 Å². The van der Waals surface area contributed by atoms with E-state index in [0.717, 1.165) is 29.6 Å². The molecule has 0 amide bonds. The van der Waals surface area contributed by atoms with Crippen LogP contribution in [0.15, 0.2) is 12.2 Å². The molecule has 3 aliphatic rings. The Balaban J connectivity index is 1.91. The molecule has 0 heteroatoms. The molecule has 0 radical (unpaired) electrons. The van der Waals surface area contributed by atoms with E-state index in [0.29, 0.717) is 5.41 Å². The standard InChI is InChI=1S/C15H24/c1-9(2)11-7-8-15(4)12-6-5-10(3)13(12)14(11)15/h10-14H,1,5-8H2,2-4H3/t10-,11-,12+,13-,14+,15-/m1/s1. The first-order chi connectivity index (χ1) is 7.05. The largest absolute Gasteiger partial charge is 0.0998 e. The summed E-state index contributed by atoms with van der Waals surface area (Å²) < 4.78 is 0. The van der Waals surface area contributed by atoms with Gasteiger partial charge in [-0.2, -0.15) is 0 Å². The normalized spacial score (nSPS) is 57.1. The van der Waals surface area contributed by atoms with Gasteiger partial charge < -0.3 is 0 Å². The summed E-state index contributed by atoms with van der Waals surface area (Å²) in [5.41, 5.74) is 2.17. The Morgan fingerprint density at radius 1 is 1.27 bits per heavy atom. The fourth-order valence-electron chi connectivity index (χ4n) is 5.44. The maximum Gasteiger partial charge on any atom is -0.0172 e. The molecule has 15 heavy (non-hydrogen) atoms. The molecule has 0 aromatic heterocycles. The quantitative estimate of drug-likeness (QED) is 0.559. The second kappa shape index (κ2) is 2.90. The van der Waals surface area contributed by atoms with Crippen molar-refractivity contribution in [2.75, 3.05) is 0 Å². The molecule has 0 spiro atoms. The van der Waals surface area contributed by atoms with E-state index in [9.17, 15) is 0 Å². The van der Waals surface area contributed by atoms with Crippen molar-refractivity contribution in [3.8, 4) is 0 Å². The highest BCUT2D eigenvalue weighted by Crippen LogP contribution is 2.73. The van der Waals surface area contributed by atoms with E-state index < -0.39 is 0 Å². The van der Waals surface area contributed by atoms with Gasteiger partial charge in [-0.1, -0.05) is 32.4 Å². The van der Waals surface area contributed by atoms with Crippen LogP contribution in [0.3, 0.4) is 0 Å². The molecule has 0 aromatic carbocycles. The third-order valence-corrected chi connectivity index (χ3v) is 6.14. The Morgan fingerprint density at radius 3 is 2.67 bits per heavy atom. The Bertz CT molecular complexity index is 303. The maximum atomic E-state index is 4.23. The highest BCUT2D eigenvalue weighted by molar-refractivity contribution is 5.20. The minimum Gasteiger partial charge on any atom is -0.0998 e. The molecule has 3 fully saturated rings. The molecule has 0 N–H and O–H groups in total. The molecule has 0 bridgehead atoms. The lowest BCUT2D eigenvalue weighted by molar-refractivity contribution is -0.0940. The molecule has 84 valence electrons. The van der Waals surface area contributed by atoms with Crippen molar-refractivity contribution in [2.45, 2.75) is 46.5 Å². The molecule has 0 saturated heterocycles. The third-order valence-electron chi connectivity index (χ3n) is 6.14. The van der Waals surface area contributed by atoms with E-state index in [4.69, 9.17) is 0 Å². The van der Waals surface area contributed by atoms with Crippen LogP contribution in [0.25, 0.3) is 0 Å². The van der Waals surface area contributed by atoms with Gasteiger partial charge in [0.1, 0.15) is 0 Å². The fourth-order valence-corrected chi connectivity index (χ4v) is 5.44. The first kappa shape index (κ1) is 9.93. The van der Waals surface area contributed by atoms with Crippen LogP contribution in [0.2, 0.25) is 0 Å². The van der Waals surface area contributed by atoms with Gasteiger partial charge in [0.15, 0.2) is 0 Å². The first-order valence-corrected chi connectivity index (χ1v) is 6.71. The van der Waals surface area contributed by atoms with E-state index in [2.05, 4.69) is 27.4 Å². The molecule has 0 aromatic rings. The van der Waals surface area contributed by atoms with Crippen molar-refractivity contribution in [2.24, 2.45) is 35.0 Å². The average Bonchev–Trinajstić information content (AvgIpc) is 2.62. The molecule has 0 nitrogen and oxygen atoms in total. The first-order valence-electron chi connectivity index (χ1n) is 6.71. The van der Waals surface area contributed by atoms with Gasteiger partial charge in [-0.15, -0.1) is 0 Å². The monoisotopic (exact) mass is 204 g/mol. The highest BCUT2D eigenvalue weighted by atomic mass is 14.7. The number of fused-ring (bicyclic) bond motifs is 4. The molecule has 0 heterocycles. The van der Waals surface area contributed by atoms with Gasteiger partial charge in [-0.3, -0.25) is 0 Å². The SMILES string of the molecule is C=C(C)[C@H]1CC[C@@]2(C)[C@@H]1[C@@H]1[C@H](C)CC[C@@H]12. The molecule has 3 rings (SSSR count). The minimum absolute atomic E-state index is 0.707. The van der Waals surface area contributed by atoms with Crippen LogP contribution >= 0.6 is 0 Å². The van der Waals surface area contributed by atoms with Gasteiger partial charge in [0.25, 0.3) is 0 Å². The van der Waals surface area contributed by atoms with Crippen molar-refractivity contribution in [3.63, 3.8) is 0 Å². The Morgan fingerprint density at radius 2 is 2.00 bits per heavy atom. The summed E-state index contributed by atoms with van der Waals surface area (Å²) in [5.74, 6) is 4.98. The molecule has 6 atom stereocenters. The number of rotatable bonds is 1. The number of hydrogen-bond donors (Lipinski definition) is 0. The molecule has 0 aliphatic heterocycles. The smallest absolute Gasteiger partial charge is 0.0172 e.